The monoisotopic (exact) mass is 421 g/mol. The van der Waals surface area contributed by atoms with Gasteiger partial charge in [0, 0.05) is 36.3 Å². The van der Waals surface area contributed by atoms with Crippen molar-refractivity contribution in [3.63, 3.8) is 0 Å². The van der Waals surface area contributed by atoms with E-state index in [9.17, 15) is 19.3 Å². The number of hydrogen-bond acceptors (Lipinski definition) is 7. The van der Waals surface area contributed by atoms with Crippen molar-refractivity contribution in [1.82, 2.24) is 14.5 Å². The van der Waals surface area contributed by atoms with Crippen molar-refractivity contribution in [1.29, 1.82) is 0 Å². The van der Waals surface area contributed by atoms with E-state index < -0.39 is 16.4 Å². The van der Waals surface area contributed by atoms with Gasteiger partial charge in [0.15, 0.2) is 0 Å². The van der Waals surface area contributed by atoms with Crippen LogP contribution in [0.2, 0.25) is 0 Å². The number of nitro groups is 1. The number of methoxy groups -OCH3 is 1. The molecule has 0 atom stereocenters. The molecule has 9 nitrogen and oxygen atoms in total. The lowest BCUT2D eigenvalue weighted by Crippen LogP contribution is -2.20. The fourth-order valence-electron chi connectivity index (χ4n) is 3.20. The quantitative estimate of drug-likeness (QED) is 0.385. The molecule has 0 aliphatic rings. The third kappa shape index (κ3) is 3.66. The van der Waals surface area contributed by atoms with Gasteiger partial charge in [-0.15, -0.1) is 0 Å². The number of rotatable bonds is 5. The fourth-order valence-corrected chi connectivity index (χ4v) is 3.20. The van der Waals surface area contributed by atoms with Crippen LogP contribution in [0.25, 0.3) is 22.2 Å². The largest absolute Gasteiger partial charge is 0.494 e. The smallest absolute Gasteiger partial charge is 0.307 e. The first-order chi connectivity index (χ1) is 14.9. The van der Waals surface area contributed by atoms with E-state index in [1.807, 2.05) is 30.3 Å². The van der Waals surface area contributed by atoms with E-state index in [0.717, 1.165) is 17.7 Å². The maximum Gasteiger partial charge on any atom is 0.307 e. The molecule has 0 radical (unpaired) electrons. The van der Waals surface area contributed by atoms with Crippen molar-refractivity contribution < 1.29 is 14.1 Å². The van der Waals surface area contributed by atoms with E-state index >= 15 is 0 Å². The third-order valence-electron chi connectivity index (χ3n) is 4.75. The molecule has 156 valence electrons. The zero-order chi connectivity index (χ0) is 22.1. The Morgan fingerprint density at radius 2 is 1.94 bits per heavy atom. The highest BCUT2D eigenvalue weighted by molar-refractivity contribution is 5.82. The zero-order valence-corrected chi connectivity index (χ0v) is 16.5. The molecule has 0 bridgehead atoms. The lowest BCUT2D eigenvalue weighted by atomic mass is 10.1. The Kier molecular flexibility index (Phi) is 5.04. The van der Waals surface area contributed by atoms with Gasteiger partial charge < -0.3 is 10.1 Å². The first-order valence-corrected chi connectivity index (χ1v) is 9.10. The van der Waals surface area contributed by atoms with Crippen LogP contribution in [0, 0.1) is 15.9 Å². The molecule has 0 saturated carbocycles. The molecule has 4 aromatic rings. The number of nitro benzene ring substituents is 1. The van der Waals surface area contributed by atoms with E-state index in [0.29, 0.717) is 16.6 Å². The molecule has 0 aliphatic heterocycles. The summed E-state index contributed by atoms with van der Waals surface area (Å²) < 4.78 is 20.4. The van der Waals surface area contributed by atoms with Gasteiger partial charge in [-0.1, -0.05) is 30.3 Å². The van der Waals surface area contributed by atoms with Crippen LogP contribution >= 0.6 is 0 Å². The predicted molar refractivity (Wildman–Crippen MR) is 113 cm³/mol. The minimum Gasteiger partial charge on any atom is -0.494 e. The topological polar surface area (TPSA) is 112 Å². The van der Waals surface area contributed by atoms with E-state index in [4.69, 9.17) is 4.74 Å². The summed E-state index contributed by atoms with van der Waals surface area (Å²) in [6.45, 7) is 0. The summed E-state index contributed by atoms with van der Waals surface area (Å²) in [7, 11) is 2.90. The lowest BCUT2D eigenvalue weighted by molar-refractivity contribution is -0.387. The molecule has 2 aromatic carbocycles. The van der Waals surface area contributed by atoms with Crippen molar-refractivity contribution in [3.05, 3.63) is 81.0 Å². The number of nitrogens with zero attached hydrogens (tertiary/aromatic N) is 4. The van der Waals surface area contributed by atoms with Gasteiger partial charge in [0.2, 0.25) is 11.8 Å². The Morgan fingerprint density at radius 3 is 2.61 bits per heavy atom. The van der Waals surface area contributed by atoms with Gasteiger partial charge in [0.25, 0.3) is 5.56 Å². The van der Waals surface area contributed by atoms with Crippen LogP contribution in [0.1, 0.15) is 0 Å². The SMILES string of the molecule is COc1cc(F)c([N+](=O)[O-])cc1Nc1ncc2cc(-c3ccccc3)c(=O)n(C)c2n1. The number of fused-ring (bicyclic) bond motifs is 1. The summed E-state index contributed by atoms with van der Waals surface area (Å²) in [6, 6.07) is 12.8. The molecule has 0 spiro atoms. The highest BCUT2D eigenvalue weighted by Crippen LogP contribution is 2.33. The second-order valence-electron chi connectivity index (χ2n) is 6.65. The molecule has 0 aliphatic carbocycles. The van der Waals surface area contributed by atoms with E-state index in [2.05, 4.69) is 15.3 Å². The summed E-state index contributed by atoms with van der Waals surface area (Å²) >= 11 is 0. The summed E-state index contributed by atoms with van der Waals surface area (Å²) in [5.41, 5.74) is 0.798. The predicted octanol–water partition coefficient (Wildman–Crippen LogP) is 3.80. The molecule has 0 saturated heterocycles. The molecular formula is C21H16FN5O4. The minimum atomic E-state index is -1.03. The van der Waals surface area contributed by atoms with E-state index in [1.54, 1.807) is 13.1 Å². The molecule has 0 amide bonds. The van der Waals surface area contributed by atoms with Crippen LogP contribution in [0.15, 0.2) is 59.5 Å². The minimum absolute atomic E-state index is 0.0418. The van der Waals surface area contributed by atoms with Crippen molar-refractivity contribution in [2.45, 2.75) is 0 Å². The number of ether oxygens (including phenoxy) is 1. The summed E-state index contributed by atoms with van der Waals surface area (Å²) in [4.78, 5) is 31.7. The van der Waals surface area contributed by atoms with Gasteiger partial charge in [-0.2, -0.15) is 9.37 Å². The highest BCUT2D eigenvalue weighted by atomic mass is 19.1. The molecule has 0 fully saturated rings. The Balaban J connectivity index is 1.79. The molecular weight excluding hydrogens is 405 g/mol. The van der Waals surface area contributed by atoms with Gasteiger partial charge in [0.05, 0.1) is 17.7 Å². The number of pyridine rings is 1. The van der Waals surface area contributed by atoms with E-state index in [-0.39, 0.29) is 22.9 Å². The Hall–Kier alpha value is -4.34. The fraction of sp³-hybridized carbons (Fsp3) is 0.0952. The average molecular weight is 421 g/mol. The van der Waals surface area contributed by atoms with Crippen LogP contribution < -0.4 is 15.6 Å². The molecule has 1 N–H and O–H groups in total. The second-order valence-corrected chi connectivity index (χ2v) is 6.65. The Labute approximate surface area is 174 Å². The standard InChI is InChI=1S/C21H16FN5O4/c1-26-19-13(8-14(20(26)28)12-6-4-3-5-7-12)11-23-21(25-19)24-16-10-17(27(29)30)15(22)9-18(16)31-2/h3-11H,1-2H3,(H,23,24,25). The van der Waals surface area contributed by atoms with Crippen LogP contribution in [0.5, 0.6) is 5.75 Å². The number of nitrogens with one attached hydrogen (secondary N) is 1. The zero-order valence-electron chi connectivity index (χ0n) is 16.5. The molecule has 2 heterocycles. The summed E-state index contributed by atoms with van der Waals surface area (Å²) in [5.74, 6) is -0.919. The van der Waals surface area contributed by atoms with E-state index in [1.165, 1.54) is 17.9 Å². The van der Waals surface area contributed by atoms with Gasteiger partial charge in [-0.3, -0.25) is 19.5 Å². The van der Waals surface area contributed by atoms with Crippen molar-refractivity contribution in [3.8, 4) is 16.9 Å². The molecule has 4 rings (SSSR count). The number of halogens is 1. The van der Waals surface area contributed by atoms with Crippen LogP contribution in [0.4, 0.5) is 21.7 Å². The maximum absolute atomic E-state index is 13.9. The molecule has 0 unspecified atom stereocenters. The first-order valence-electron chi connectivity index (χ1n) is 9.10. The maximum atomic E-state index is 13.9. The number of anilines is 2. The molecule has 31 heavy (non-hydrogen) atoms. The van der Waals surface area contributed by atoms with Crippen molar-refractivity contribution >= 4 is 28.4 Å². The summed E-state index contributed by atoms with van der Waals surface area (Å²) in [6.07, 6.45) is 1.53. The lowest BCUT2D eigenvalue weighted by Gasteiger charge is -2.12. The van der Waals surface area contributed by atoms with Crippen LogP contribution in [-0.4, -0.2) is 26.6 Å². The van der Waals surface area contributed by atoms with Crippen LogP contribution in [-0.2, 0) is 7.05 Å². The molecule has 2 aromatic heterocycles. The second kappa shape index (κ2) is 7.82. The van der Waals surface area contributed by atoms with Gasteiger partial charge in [-0.25, -0.2) is 4.98 Å². The number of hydrogen-bond donors (Lipinski definition) is 1. The highest BCUT2D eigenvalue weighted by Gasteiger charge is 2.20. The number of aromatic nitrogens is 3. The van der Waals surface area contributed by atoms with Crippen molar-refractivity contribution in [2.75, 3.05) is 12.4 Å². The van der Waals surface area contributed by atoms with Crippen LogP contribution in [0.3, 0.4) is 0 Å². The number of benzene rings is 2. The Bertz CT molecular complexity index is 1370. The average Bonchev–Trinajstić information content (AvgIpc) is 2.77. The van der Waals surface area contributed by atoms with Gasteiger partial charge >= 0.3 is 5.69 Å². The van der Waals surface area contributed by atoms with Gasteiger partial charge in [0.1, 0.15) is 11.4 Å². The summed E-state index contributed by atoms with van der Waals surface area (Å²) in [5, 5.41) is 14.5. The Morgan fingerprint density at radius 1 is 1.19 bits per heavy atom. The molecule has 10 heteroatoms. The first kappa shape index (κ1) is 20.0. The number of aryl methyl sites for hydroxylation is 1. The normalized spacial score (nSPS) is 10.8. The van der Waals surface area contributed by atoms with Gasteiger partial charge in [-0.05, 0) is 11.6 Å². The third-order valence-corrected chi connectivity index (χ3v) is 4.75. The van der Waals surface area contributed by atoms with Crippen molar-refractivity contribution in [2.24, 2.45) is 7.05 Å².